The van der Waals surface area contributed by atoms with Gasteiger partial charge in [-0.25, -0.2) is 0 Å². The van der Waals surface area contributed by atoms with E-state index < -0.39 is 0 Å². The molecule has 26 heavy (non-hydrogen) atoms. The minimum Gasteiger partial charge on any atom is -0.472 e. The molecule has 3 atom stereocenters. The fourth-order valence-electron chi connectivity index (χ4n) is 3.89. The monoisotopic (exact) mass is 372 g/mol. The average Bonchev–Trinajstić information content (AvgIpc) is 3.36. The fourth-order valence-corrected chi connectivity index (χ4v) is 3.89. The summed E-state index contributed by atoms with van der Waals surface area (Å²) in [5, 5.41) is 0. The van der Waals surface area contributed by atoms with Crippen molar-refractivity contribution >= 4 is 18.5 Å². The first-order valence-corrected chi connectivity index (χ1v) is 10.2. The number of hydrogen-bond acceptors (Lipinski definition) is 4. The van der Waals surface area contributed by atoms with E-state index in [1.807, 2.05) is 17.0 Å². The number of nitrogens with zero attached hydrogens (tertiary/aromatic N) is 1. The molecule has 2 aromatic rings. The first kappa shape index (κ1) is 19.1. The fraction of sp³-hybridized carbons (Fsp3) is 0.476. The Morgan fingerprint density at radius 2 is 2.00 bits per heavy atom. The largest absolute Gasteiger partial charge is 0.472 e. The van der Waals surface area contributed by atoms with Crippen LogP contribution in [0.25, 0.3) is 11.1 Å². The summed E-state index contributed by atoms with van der Waals surface area (Å²) in [6.07, 6.45) is 9.10. The third-order valence-corrected chi connectivity index (χ3v) is 5.38. The van der Waals surface area contributed by atoms with Crippen molar-refractivity contribution < 1.29 is 9.21 Å². The highest BCUT2D eigenvalue weighted by molar-refractivity contribution is 7.79. The number of amides is 1. The molecular weight excluding hydrogens is 344 g/mol. The van der Waals surface area contributed by atoms with Crippen molar-refractivity contribution in [3.05, 3.63) is 48.4 Å². The molecule has 4 nitrogen and oxygen atoms in total. The van der Waals surface area contributed by atoms with Gasteiger partial charge in [0.2, 0.25) is 5.91 Å². The highest BCUT2D eigenvalue weighted by Gasteiger charge is 2.46. The van der Waals surface area contributed by atoms with Gasteiger partial charge in [-0.1, -0.05) is 24.3 Å². The van der Waals surface area contributed by atoms with Gasteiger partial charge >= 0.3 is 0 Å². The molecule has 1 saturated heterocycles. The molecule has 5 heteroatoms. The van der Waals surface area contributed by atoms with E-state index in [2.05, 4.69) is 30.8 Å². The molecular formula is C21H28N2O2S. The second-order valence-electron chi connectivity index (χ2n) is 7.06. The van der Waals surface area contributed by atoms with Crippen molar-refractivity contribution in [1.82, 2.24) is 4.90 Å². The molecule has 1 aromatic carbocycles. The second-order valence-corrected chi connectivity index (χ2v) is 7.06. The number of hydrogen-bond donors (Lipinski definition) is 2. The van der Waals surface area contributed by atoms with Gasteiger partial charge in [0.05, 0.1) is 12.5 Å². The maximum absolute atomic E-state index is 12.9. The number of carbonyl (C=O) groups excluding carboxylic acids is 1. The summed E-state index contributed by atoms with van der Waals surface area (Å²) < 4.78 is 5.23. The lowest BCUT2D eigenvalue weighted by molar-refractivity contribution is -0.132. The Balaban J connectivity index is 0.000000948. The van der Waals surface area contributed by atoms with Crippen molar-refractivity contribution in [2.24, 2.45) is 11.7 Å². The lowest BCUT2D eigenvalue weighted by atomic mass is 9.97. The van der Waals surface area contributed by atoms with E-state index in [0.717, 1.165) is 44.3 Å². The van der Waals surface area contributed by atoms with Crippen LogP contribution in [0.2, 0.25) is 0 Å². The smallest absolute Gasteiger partial charge is 0.226 e. The van der Waals surface area contributed by atoms with Crippen LogP contribution >= 0.6 is 12.6 Å². The maximum Gasteiger partial charge on any atom is 0.226 e. The highest BCUT2D eigenvalue weighted by Crippen LogP contribution is 2.51. The maximum atomic E-state index is 12.9. The van der Waals surface area contributed by atoms with Gasteiger partial charge in [0.25, 0.3) is 0 Å². The van der Waals surface area contributed by atoms with Gasteiger partial charge < -0.3 is 15.1 Å². The van der Waals surface area contributed by atoms with Gasteiger partial charge in [0.15, 0.2) is 0 Å². The molecule has 0 bridgehead atoms. The zero-order chi connectivity index (χ0) is 18.5. The zero-order valence-corrected chi connectivity index (χ0v) is 16.2. The van der Waals surface area contributed by atoms with E-state index in [1.54, 1.807) is 18.8 Å². The van der Waals surface area contributed by atoms with Crippen molar-refractivity contribution in [3.8, 4) is 11.1 Å². The predicted molar refractivity (Wildman–Crippen MR) is 108 cm³/mol. The van der Waals surface area contributed by atoms with E-state index in [9.17, 15) is 4.79 Å². The van der Waals surface area contributed by atoms with Crippen LogP contribution < -0.4 is 5.73 Å². The van der Waals surface area contributed by atoms with Gasteiger partial charge in [-0.2, -0.15) is 12.6 Å². The van der Waals surface area contributed by atoms with Crippen LogP contribution in [0.15, 0.2) is 47.3 Å². The average molecular weight is 373 g/mol. The Morgan fingerprint density at radius 3 is 2.77 bits per heavy atom. The van der Waals surface area contributed by atoms with Crippen LogP contribution in [0.3, 0.4) is 0 Å². The molecule has 2 heterocycles. The number of carbonyl (C=O) groups is 1. The minimum atomic E-state index is 0.132. The summed E-state index contributed by atoms with van der Waals surface area (Å²) in [4.78, 5) is 14.9. The molecule has 1 saturated carbocycles. The van der Waals surface area contributed by atoms with Gasteiger partial charge in [0, 0.05) is 30.6 Å². The number of rotatable bonds is 3. The Labute approximate surface area is 161 Å². The summed E-state index contributed by atoms with van der Waals surface area (Å²) in [6.45, 7) is 1.67. The van der Waals surface area contributed by atoms with Crippen molar-refractivity contribution in [2.75, 3.05) is 19.3 Å². The van der Waals surface area contributed by atoms with E-state index in [-0.39, 0.29) is 12.0 Å². The van der Waals surface area contributed by atoms with Crippen LogP contribution in [0, 0.1) is 5.92 Å². The minimum absolute atomic E-state index is 0.132. The lowest BCUT2D eigenvalue weighted by Gasteiger charge is -2.20. The highest BCUT2D eigenvalue weighted by atomic mass is 32.1. The van der Waals surface area contributed by atoms with E-state index in [1.165, 1.54) is 11.1 Å². The number of thiol groups is 1. The Bertz CT molecular complexity index is 717. The molecule has 140 valence electrons. The Hall–Kier alpha value is -1.72. The Morgan fingerprint density at radius 1 is 1.19 bits per heavy atom. The molecule has 3 unspecified atom stereocenters. The van der Waals surface area contributed by atoms with E-state index >= 15 is 0 Å². The molecule has 1 aliphatic heterocycles. The van der Waals surface area contributed by atoms with Crippen LogP contribution in [0.4, 0.5) is 0 Å². The summed E-state index contributed by atoms with van der Waals surface area (Å²) in [5.74, 6) is 0.781. The normalized spacial score (nSPS) is 25.0. The van der Waals surface area contributed by atoms with Gasteiger partial charge in [-0.15, -0.1) is 0 Å². The predicted octanol–water partition coefficient (Wildman–Crippen LogP) is 3.94. The van der Waals surface area contributed by atoms with Crippen LogP contribution in [0.1, 0.15) is 37.2 Å². The molecule has 1 aromatic heterocycles. The summed E-state index contributed by atoms with van der Waals surface area (Å²) >= 11 is 3.53. The standard InChI is InChI=1S/C20H24N2O2.CH4S/c21-15-4-3-9-22(10-7-15)20(23)19-12-18(19)17-6-2-1-5-16(17)14-8-11-24-13-14;1-2/h1-2,5-6,8,11,13,15,18-19H,3-4,7,9-10,12,21H2;2H,1H3. The molecule has 1 aliphatic carbocycles. The second kappa shape index (κ2) is 8.78. The quantitative estimate of drug-likeness (QED) is 0.803. The van der Waals surface area contributed by atoms with Crippen LogP contribution in [-0.2, 0) is 4.79 Å². The van der Waals surface area contributed by atoms with E-state index in [0.29, 0.717) is 11.8 Å². The van der Waals surface area contributed by atoms with E-state index in [4.69, 9.17) is 10.2 Å². The van der Waals surface area contributed by atoms with Crippen LogP contribution in [0.5, 0.6) is 0 Å². The molecule has 4 rings (SSSR count). The van der Waals surface area contributed by atoms with Crippen molar-refractivity contribution in [1.29, 1.82) is 0 Å². The van der Waals surface area contributed by atoms with Gasteiger partial charge in [0.1, 0.15) is 0 Å². The molecule has 2 N–H and O–H groups in total. The Kier molecular flexibility index (Phi) is 6.43. The SMILES string of the molecule is CS.NC1CCCN(C(=O)C2CC2c2ccccc2-c2ccoc2)CC1. The van der Waals surface area contributed by atoms with Crippen molar-refractivity contribution in [3.63, 3.8) is 0 Å². The molecule has 0 spiro atoms. The number of likely N-dealkylation sites (tertiary alicyclic amines) is 1. The third-order valence-electron chi connectivity index (χ3n) is 5.38. The van der Waals surface area contributed by atoms with Crippen LogP contribution in [-0.4, -0.2) is 36.2 Å². The van der Waals surface area contributed by atoms with Crippen molar-refractivity contribution in [2.45, 2.75) is 37.6 Å². The topological polar surface area (TPSA) is 59.5 Å². The third kappa shape index (κ3) is 4.15. The molecule has 1 amide bonds. The first-order valence-electron chi connectivity index (χ1n) is 9.34. The number of benzene rings is 1. The molecule has 2 fully saturated rings. The molecule has 0 radical (unpaired) electrons. The van der Waals surface area contributed by atoms with Gasteiger partial charge in [-0.05, 0) is 55.1 Å². The lowest BCUT2D eigenvalue weighted by Crippen LogP contribution is -2.34. The first-order chi connectivity index (χ1) is 12.7. The van der Waals surface area contributed by atoms with Gasteiger partial charge in [-0.3, -0.25) is 4.79 Å². The summed E-state index contributed by atoms with van der Waals surface area (Å²) in [7, 11) is 0. The number of furan rings is 1. The summed E-state index contributed by atoms with van der Waals surface area (Å²) in [5.41, 5.74) is 9.57. The summed E-state index contributed by atoms with van der Waals surface area (Å²) in [6, 6.07) is 10.6. The zero-order valence-electron chi connectivity index (χ0n) is 15.3. The molecule has 2 aliphatic rings. The number of nitrogens with two attached hydrogens (primary N) is 1.